The normalized spacial score (nSPS) is 15.5. The van der Waals surface area contributed by atoms with Gasteiger partial charge in [0.05, 0.1) is 11.9 Å². The average Bonchev–Trinajstić information content (AvgIpc) is 2.88. The second-order valence-corrected chi connectivity index (χ2v) is 8.81. The van der Waals surface area contributed by atoms with Crippen LogP contribution in [0.5, 0.6) is 5.88 Å². The number of pyridine rings is 2. The number of ether oxygens (including phenoxy) is 1. The molecule has 4 heterocycles. The Morgan fingerprint density at radius 3 is 2.58 bits per heavy atom. The molecule has 2 amide bonds. The molecule has 1 fully saturated rings. The Morgan fingerprint density at radius 2 is 1.83 bits per heavy atom. The number of amides is 2. The number of hydrogen-bond acceptors (Lipinski definition) is 8. The fourth-order valence-electron chi connectivity index (χ4n) is 4.16. The monoisotopic (exact) mass is 489 g/mol. The third-order valence-electron chi connectivity index (χ3n) is 6.33. The van der Waals surface area contributed by atoms with Gasteiger partial charge in [-0.2, -0.15) is 0 Å². The molecule has 0 saturated carbocycles. The van der Waals surface area contributed by atoms with Crippen molar-refractivity contribution in [1.29, 1.82) is 0 Å². The minimum atomic E-state index is -0.526. The molecule has 2 aliphatic rings. The first-order chi connectivity index (χ1) is 17.4. The molecule has 2 aromatic heterocycles. The van der Waals surface area contributed by atoms with Crippen LogP contribution in [0.2, 0.25) is 0 Å². The van der Waals surface area contributed by atoms with Crippen molar-refractivity contribution in [3.63, 3.8) is 0 Å². The summed E-state index contributed by atoms with van der Waals surface area (Å²) in [5.41, 5.74) is 5.69. The Bertz CT molecular complexity index is 1360. The van der Waals surface area contributed by atoms with Crippen LogP contribution in [-0.4, -0.2) is 66.2 Å². The predicted octanol–water partition coefficient (Wildman–Crippen LogP) is 1.76. The summed E-state index contributed by atoms with van der Waals surface area (Å²) in [6.07, 6.45) is 3.02. The summed E-state index contributed by atoms with van der Waals surface area (Å²) in [6.45, 7) is 5.61. The number of piperazine rings is 1. The number of carbonyl (C=O) groups excluding carboxylic acids is 2. The van der Waals surface area contributed by atoms with Crippen LogP contribution >= 0.6 is 0 Å². The molecule has 0 aliphatic carbocycles. The topological polar surface area (TPSA) is 121 Å². The van der Waals surface area contributed by atoms with E-state index in [2.05, 4.69) is 37.9 Å². The molecule has 3 aromatic rings. The molecule has 1 aromatic carbocycles. The molecule has 2 aliphatic heterocycles. The summed E-state index contributed by atoms with van der Waals surface area (Å²) in [5, 5.41) is 5.53. The van der Waals surface area contributed by atoms with Crippen LogP contribution in [0.1, 0.15) is 15.9 Å². The summed E-state index contributed by atoms with van der Waals surface area (Å²) >= 11 is 0. The first-order valence-corrected chi connectivity index (χ1v) is 11.6. The van der Waals surface area contributed by atoms with E-state index in [1.165, 1.54) is 23.1 Å². The number of nitrogens with one attached hydrogen (secondary N) is 3. The summed E-state index contributed by atoms with van der Waals surface area (Å²) in [6, 6.07) is 10.7. The lowest BCUT2D eigenvalue weighted by Crippen LogP contribution is -2.44. The van der Waals surface area contributed by atoms with E-state index in [4.69, 9.17) is 4.74 Å². The number of carbonyl (C=O) groups is 2. The molecule has 11 nitrogen and oxygen atoms in total. The highest BCUT2D eigenvalue weighted by atomic mass is 16.5. The smallest absolute Gasteiger partial charge is 0.281 e. The van der Waals surface area contributed by atoms with Gasteiger partial charge in [0.2, 0.25) is 5.88 Å². The number of rotatable bonds is 5. The van der Waals surface area contributed by atoms with Crippen molar-refractivity contribution in [2.75, 3.05) is 60.8 Å². The van der Waals surface area contributed by atoms with Gasteiger partial charge in [-0.05, 0) is 50.4 Å². The Labute approximate surface area is 207 Å². The van der Waals surface area contributed by atoms with E-state index in [1.54, 1.807) is 13.0 Å². The molecule has 0 radical (unpaired) electrons. The van der Waals surface area contributed by atoms with Crippen molar-refractivity contribution in [3.05, 3.63) is 70.3 Å². The van der Waals surface area contributed by atoms with Crippen LogP contribution in [-0.2, 0) is 4.79 Å². The average molecular weight is 490 g/mol. The van der Waals surface area contributed by atoms with Crippen molar-refractivity contribution in [2.45, 2.75) is 6.92 Å². The maximum absolute atomic E-state index is 13.1. The minimum absolute atomic E-state index is 0.0200. The second-order valence-electron chi connectivity index (χ2n) is 8.81. The van der Waals surface area contributed by atoms with E-state index in [0.29, 0.717) is 28.5 Å². The van der Waals surface area contributed by atoms with E-state index in [-0.39, 0.29) is 18.1 Å². The summed E-state index contributed by atoms with van der Waals surface area (Å²) in [7, 11) is 2.11. The lowest BCUT2D eigenvalue weighted by molar-refractivity contribution is -0.118. The van der Waals surface area contributed by atoms with E-state index in [9.17, 15) is 14.4 Å². The van der Waals surface area contributed by atoms with Gasteiger partial charge in [-0.15, -0.1) is 0 Å². The number of aromatic nitrogens is 2. The van der Waals surface area contributed by atoms with Crippen molar-refractivity contribution in [2.24, 2.45) is 0 Å². The zero-order valence-corrected chi connectivity index (χ0v) is 20.1. The van der Waals surface area contributed by atoms with Crippen LogP contribution in [0.3, 0.4) is 0 Å². The van der Waals surface area contributed by atoms with Crippen molar-refractivity contribution >= 4 is 34.6 Å². The van der Waals surface area contributed by atoms with Gasteiger partial charge in [-0.25, -0.2) is 9.66 Å². The van der Waals surface area contributed by atoms with Gasteiger partial charge >= 0.3 is 0 Å². The molecule has 0 bridgehead atoms. The lowest BCUT2D eigenvalue weighted by Gasteiger charge is -2.34. The highest BCUT2D eigenvalue weighted by Gasteiger charge is 2.22. The molecule has 0 unspecified atom stereocenters. The molecule has 0 spiro atoms. The molecule has 186 valence electrons. The predicted molar refractivity (Wildman–Crippen MR) is 137 cm³/mol. The standard InChI is InChI=1S/C25H27N7O4/c1-16-20(14-26-24-22(16)28-21(33)15-36-24)29-32-9-3-4-19(25(32)35)23(34)27-17-5-7-18(8-6-17)31-12-10-30(2)11-13-31/h3-9,14,29H,10-13,15H2,1-2H3,(H,27,34)(H,28,33). The van der Waals surface area contributed by atoms with Crippen LogP contribution in [0.15, 0.2) is 53.6 Å². The van der Waals surface area contributed by atoms with Gasteiger partial charge in [0.1, 0.15) is 11.3 Å². The summed E-state index contributed by atoms with van der Waals surface area (Å²) in [4.78, 5) is 46.5. The minimum Gasteiger partial charge on any atom is -0.466 e. The molecule has 1 saturated heterocycles. The molecule has 0 atom stereocenters. The van der Waals surface area contributed by atoms with Crippen LogP contribution in [0.4, 0.5) is 22.7 Å². The SMILES string of the molecule is Cc1c(Nn2cccc(C(=O)Nc3ccc(N4CCN(C)CC4)cc3)c2=O)cnc2c1NC(=O)CO2. The van der Waals surface area contributed by atoms with Crippen molar-refractivity contribution < 1.29 is 14.3 Å². The number of hydrogen-bond donors (Lipinski definition) is 3. The number of benzene rings is 1. The maximum atomic E-state index is 13.1. The number of anilines is 4. The molecule has 5 rings (SSSR count). The maximum Gasteiger partial charge on any atom is 0.281 e. The van der Waals surface area contributed by atoms with Gasteiger partial charge in [-0.3, -0.25) is 19.8 Å². The zero-order valence-electron chi connectivity index (χ0n) is 20.1. The largest absolute Gasteiger partial charge is 0.466 e. The second kappa shape index (κ2) is 9.70. The van der Waals surface area contributed by atoms with Crippen LogP contribution in [0, 0.1) is 6.92 Å². The van der Waals surface area contributed by atoms with Crippen molar-refractivity contribution in [1.82, 2.24) is 14.6 Å². The molecule has 36 heavy (non-hydrogen) atoms. The molecular formula is C25H27N7O4. The summed E-state index contributed by atoms with van der Waals surface area (Å²) in [5.74, 6) is -0.474. The molecular weight excluding hydrogens is 462 g/mol. The number of likely N-dealkylation sites (N-methyl/N-ethyl adjacent to an activating group) is 1. The first-order valence-electron chi connectivity index (χ1n) is 11.6. The number of fused-ring (bicyclic) bond motifs is 1. The fourth-order valence-corrected chi connectivity index (χ4v) is 4.16. The van der Waals surface area contributed by atoms with Gasteiger partial charge < -0.3 is 25.2 Å². The quantitative estimate of drug-likeness (QED) is 0.496. The Kier molecular flexibility index (Phi) is 6.30. The van der Waals surface area contributed by atoms with Crippen LogP contribution in [0.25, 0.3) is 0 Å². The zero-order chi connectivity index (χ0) is 25.2. The third-order valence-corrected chi connectivity index (χ3v) is 6.33. The number of nitrogens with zero attached hydrogens (tertiary/aromatic N) is 4. The lowest BCUT2D eigenvalue weighted by atomic mass is 10.2. The van der Waals surface area contributed by atoms with Crippen LogP contribution < -0.4 is 31.3 Å². The van der Waals surface area contributed by atoms with Gasteiger partial charge in [0.15, 0.2) is 6.61 Å². The Hall–Kier alpha value is -4.38. The van der Waals surface area contributed by atoms with Crippen molar-refractivity contribution in [3.8, 4) is 5.88 Å². The highest BCUT2D eigenvalue weighted by Crippen LogP contribution is 2.32. The highest BCUT2D eigenvalue weighted by molar-refractivity contribution is 6.04. The van der Waals surface area contributed by atoms with E-state index < -0.39 is 11.5 Å². The molecule has 3 N–H and O–H groups in total. The van der Waals surface area contributed by atoms with E-state index in [1.807, 2.05) is 24.3 Å². The summed E-state index contributed by atoms with van der Waals surface area (Å²) < 4.78 is 6.52. The Morgan fingerprint density at radius 1 is 1.08 bits per heavy atom. The molecule has 11 heteroatoms. The first kappa shape index (κ1) is 23.4. The van der Waals surface area contributed by atoms with Gasteiger partial charge in [-0.1, -0.05) is 0 Å². The fraction of sp³-hybridized carbons (Fsp3) is 0.280. The van der Waals surface area contributed by atoms with E-state index in [0.717, 1.165) is 31.9 Å². The Balaban J connectivity index is 1.30. The third kappa shape index (κ3) is 4.73. The van der Waals surface area contributed by atoms with E-state index >= 15 is 0 Å². The van der Waals surface area contributed by atoms with Gasteiger partial charge in [0.25, 0.3) is 17.4 Å². The van der Waals surface area contributed by atoms with Gasteiger partial charge in [0, 0.05) is 49.3 Å².